The first kappa shape index (κ1) is 71.2. The lowest BCUT2D eigenvalue weighted by molar-refractivity contribution is -0.332. The summed E-state index contributed by atoms with van der Waals surface area (Å²) in [5.74, 6) is -0.441. The van der Waals surface area contributed by atoms with Crippen LogP contribution in [-0.2, 0) is 33.2 Å². The highest BCUT2D eigenvalue weighted by atomic mass is 16.7. The quantitative estimate of drug-likeness (QED) is 0.0172. The van der Waals surface area contributed by atoms with Crippen molar-refractivity contribution in [3.05, 3.63) is 134 Å². The number of esters is 1. The summed E-state index contributed by atoms with van der Waals surface area (Å²) in [6.45, 7) is 3.35. The highest BCUT2D eigenvalue weighted by molar-refractivity contribution is 5.69. The molecular formula is C65H104O14. The van der Waals surface area contributed by atoms with Crippen molar-refractivity contribution in [2.45, 2.75) is 235 Å². The molecule has 2 aliphatic rings. The molecule has 2 heterocycles. The molecule has 0 radical (unpaired) electrons. The SMILES string of the molecule is CC/C=C\C/C=C\C/C=C\C/C=C\C/C=C\C/C=C\C/C=C\CCCC(=O)OC(COCCCCCCCCCCC/C=C\C/C=C\C/C=C\C/C=C\CC)COC1OC(COC2OC(CO)C(O)C(O)C2O)C(O)C(O)C1O. The van der Waals surface area contributed by atoms with Crippen LogP contribution in [0.2, 0.25) is 0 Å². The third kappa shape index (κ3) is 36.3. The monoisotopic (exact) mass is 1110 g/mol. The Balaban J connectivity index is 1.75. The second-order valence-electron chi connectivity index (χ2n) is 20.1. The molecule has 14 heteroatoms. The van der Waals surface area contributed by atoms with Gasteiger partial charge in [0.05, 0.1) is 26.4 Å². The molecule has 448 valence electrons. The minimum Gasteiger partial charge on any atom is -0.457 e. The molecule has 0 bridgehead atoms. The Morgan fingerprint density at radius 3 is 1.23 bits per heavy atom. The Labute approximate surface area is 475 Å². The smallest absolute Gasteiger partial charge is 0.306 e. The zero-order chi connectivity index (χ0) is 57.2. The van der Waals surface area contributed by atoms with Crippen LogP contribution in [0.1, 0.15) is 168 Å². The molecule has 0 spiro atoms. The van der Waals surface area contributed by atoms with Gasteiger partial charge in [-0.25, -0.2) is 0 Å². The van der Waals surface area contributed by atoms with Crippen molar-refractivity contribution in [1.29, 1.82) is 0 Å². The third-order valence-corrected chi connectivity index (χ3v) is 13.2. The molecule has 2 rings (SSSR count). The van der Waals surface area contributed by atoms with Crippen molar-refractivity contribution in [3.8, 4) is 0 Å². The van der Waals surface area contributed by atoms with Crippen LogP contribution in [0, 0.1) is 0 Å². The van der Waals surface area contributed by atoms with Crippen LogP contribution in [-0.4, -0.2) is 142 Å². The maximum atomic E-state index is 13.1. The normalized spacial score (nSPS) is 25.0. The largest absolute Gasteiger partial charge is 0.457 e. The number of carbonyl (C=O) groups excluding carboxylic acids is 1. The van der Waals surface area contributed by atoms with Gasteiger partial charge in [0.15, 0.2) is 12.6 Å². The molecule has 11 unspecified atom stereocenters. The Bertz CT molecular complexity index is 1810. The molecule has 0 aromatic heterocycles. The molecule has 0 aromatic rings. The lowest BCUT2D eigenvalue weighted by Crippen LogP contribution is -2.61. The number of aliphatic hydroxyl groups excluding tert-OH is 7. The van der Waals surface area contributed by atoms with Crippen LogP contribution >= 0.6 is 0 Å². The number of aliphatic hydroxyl groups is 7. The van der Waals surface area contributed by atoms with E-state index in [2.05, 4.69) is 141 Å². The number of rotatable bonds is 46. The Hall–Kier alpha value is -3.87. The fraction of sp³-hybridized carbons (Fsp3) is 0.646. The van der Waals surface area contributed by atoms with Gasteiger partial charge in [0.2, 0.25) is 0 Å². The summed E-state index contributed by atoms with van der Waals surface area (Å²) in [5, 5.41) is 72.4. The average molecular weight is 1110 g/mol. The zero-order valence-corrected chi connectivity index (χ0v) is 48.0. The van der Waals surface area contributed by atoms with Gasteiger partial charge in [0, 0.05) is 13.0 Å². The lowest BCUT2D eigenvalue weighted by atomic mass is 9.98. The number of unbranched alkanes of at least 4 members (excludes halogenated alkanes) is 10. The number of carbonyl (C=O) groups is 1. The molecule has 79 heavy (non-hydrogen) atoms. The molecule has 2 saturated heterocycles. The molecule has 2 fully saturated rings. The van der Waals surface area contributed by atoms with Crippen molar-refractivity contribution in [1.82, 2.24) is 0 Å². The second kappa shape index (κ2) is 49.9. The zero-order valence-electron chi connectivity index (χ0n) is 48.0. The average Bonchev–Trinajstić information content (AvgIpc) is 3.46. The van der Waals surface area contributed by atoms with Gasteiger partial charge in [-0.1, -0.05) is 192 Å². The van der Waals surface area contributed by atoms with E-state index >= 15 is 0 Å². The molecule has 2 aliphatic heterocycles. The highest BCUT2D eigenvalue weighted by Crippen LogP contribution is 2.26. The Morgan fingerprint density at radius 2 is 0.785 bits per heavy atom. The van der Waals surface area contributed by atoms with Gasteiger partial charge in [0.25, 0.3) is 0 Å². The van der Waals surface area contributed by atoms with Crippen LogP contribution < -0.4 is 0 Å². The minimum atomic E-state index is -1.73. The van der Waals surface area contributed by atoms with E-state index in [1.165, 1.54) is 38.5 Å². The van der Waals surface area contributed by atoms with E-state index in [0.717, 1.165) is 96.3 Å². The Kier molecular flexibility index (Phi) is 45.0. The van der Waals surface area contributed by atoms with Gasteiger partial charge in [-0.2, -0.15) is 0 Å². The molecule has 14 nitrogen and oxygen atoms in total. The van der Waals surface area contributed by atoms with Gasteiger partial charge in [0.1, 0.15) is 54.9 Å². The van der Waals surface area contributed by atoms with Crippen molar-refractivity contribution < 1.29 is 69.0 Å². The van der Waals surface area contributed by atoms with E-state index < -0.39 is 86.7 Å². The standard InChI is InChI=1S/C65H104O14/c1-3-5-7-9-11-13-15-17-19-21-23-25-27-28-30-32-34-36-38-40-42-44-46-48-57(67)77-54(51-74-49-47-45-43-41-39-37-35-33-31-29-26-24-22-20-18-16-14-12-10-8-6-4-2)52-75-64-63(73)61(71)59(69)56(79-64)53-76-65-62(72)60(70)58(68)55(50-66)78-65/h5-8,11-14,17-20,23-26,28,30,34,36,40,42,54-56,58-66,68-73H,3-4,9-10,15-16,21-22,27,29,31-33,35,37-39,41,43-53H2,1-2H3/b7-5-,8-6-,13-11-,14-12-,19-17-,20-18-,25-23-,26-24-,30-28-,36-34-,42-40-. The van der Waals surface area contributed by atoms with E-state index in [1.807, 2.05) is 6.08 Å². The summed E-state index contributed by atoms with van der Waals surface area (Å²) >= 11 is 0. The topological polar surface area (TPSA) is 214 Å². The summed E-state index contributed by atoms with van der Waals surface area (Å²) in [6, 6.07) is 0. The molecule has 11 atom stereocenters. The van der Waals surface area contributed by atoms with Gasteiger partial charge < -0.3 is 64.2 Å². The van der Waals surface area contributed by atoms with Crippen molar-refractivity contribution >= 4 is 5.97 Å². The summed E-state index contributed by atoms with van der Waals surface area (Å²) in [5.41, 5.74) is 0. The van der Waals surface area contributed by atoms with Crippen LogP contribution in [0.3, 0.4) is 0 Å². The van der Waals surface area contributed by atoms with E-state index in [4.69, 9.17) is 28.4 Å². The number of hydrogen-bond donors (Lipinski definition) is 7. The summed E-state index contributed by atoms with van der Waals surface area (Å²) < 4.78 is 34.3. The van der Waals surface area contributed by atoms with Gasteiger partial charge >= 0.3 is 5.97 Å². The van der Waals surface area contributed by atoms with Gasteiger partial charge in [-0.3, -0.25) is 4.79 Å². The molecule has 0 aliphatic carbocycles. The maximum Gasteiger partial charge on any atom is 0.306 e. The predicted octanol–water partition coefficient (Wildman–Crippen LogP) is 11.1. The first-order valence-corrected chi connectivity index (χ1v) is 29.8. The summed E-state index contributed by atoms with van der Waals surface area (Å²) in [7, 11) is 0. The molecular weight excluding hydrogens is 1000 g/mol. The first-order chi connectivity index (χ1) is 38.6. The minimum absolute atomic E-state index is 0.0240. The van der Waals surface area contributed by atoms with E-state index in [-0.39, 0.29) is 19.6 Å². The fourth-order valence-electron chi connectivity index (χ4n) is 8.44. The lowest BCUT2D eigenvalue weighted by Gasteiger charge is -2.42. The van der Waals surface area contributed by atoms with E-state index in [0.29, 0.717) is 19.4 Å². The van der Waals surface area contributed by atoms with Crippen LogP contribution in [0.15, 0.2) is 134 Å². The van der Waals surface area contributed by atoms with Crippen LogP contribution in [0.4, 0.5) is 0 Å². The van der Waals surface area contributed by atoms with E-state index in [9.17, 15) is 40.5 Å². The number of hydrogen-bond acceptors (Lipinski definition) is 14. The second-order valence-corrected chi connectivity index (χ2v) is 20.1. The molecule has 0 amide bonds. The molecule has 0 aromatic carbocycles. The van der Waals surface area contributed by atoms with E-state index in [1.54, 1.807) is 0 Å². The van der Waals surface area contributed by atoms with Crippen molar-refractivity contribution in [3.63, 3.8) is 0 Å². The van der Waals surface area contributed by atoms with Crippen molar-refractivity contribution in [2.75, 3.05) is 33.0 Å². The van der Waals surface area contributed by atoms with Crippen molar-refractivity contribution in [2.24, 2.45) is 0 Å². The summed E-state index contributed by atoms with van der Waals surface area (Å²) in [4.78, 5) is 13.1. The maximum absolute atomic E-state index is 13.1. The van der Waals surface area contributed by atoms with Crippen LogP contribution in [0.25, 0.3) is 0 Å². The Morgan fingerprint density at radius 1 is 0.418 bits per heavy atom. The molecule has 0 saturated carbocycles. The number of allylic oxidation sites excluding steroid dienone is 22. The molecule has 7 N–H and O–H groups in total. The first-order valence-electron chi connectivity index (χ1n) is 29.8. The number of ether oxygens (including phenoxy) is 6. The summed E-state index contributed by atoms with van der Waals surface area (Å²) in [6.07, 6.45) is 55.1. The highest BCUT2D eigenvalue weighted by Gasteiger charge is 2.47. The van der Waals surface area contributed by atoms with Gasteiger partial charge in [-0.15, -0.1) is 0 Å². The van der Waals surface area contributed by atoms with Crippen LogP contribution in [0.5, 0.6) is 0 Å². The third-order valence-electron chi connectivity index (χ3n) is 13.2. The van der Waals surface area contributed by atoms with Gasteiger partial charge in [-0.05, 0) is 103 Å². The fourth-order valence-corrected chi connectivity index (χ4v) is 8.44. The predicted molar refractivity (Wildman–Crippen MR) is 316 cm³/mol.